The van der Waals surface area contributed by atoms with Crippen molar-refractivity contribution in [1.82, 2.24) is 15.1 Å². The molecule has 0 aromatic heterocycles. The smallest absolute Gasteiger partial charge is 0.254 e. The molecule has 2 unspecified atom stereocenters. The first-order valence-corrected chi connectivity index (χ1v) is 8.65. The minimum Gasteiger partial charge on any atom is -0.378 e. The van der Waals surface area contributed by atoms with Crippen LogP contribution in [0.4, 0.5) is 0 Å². The second-order valence-corrected chi connectivity index (χ2v) is 6.87. The van der Waals surface area contributed by atoms with E-state index in [1.165, 1.54) is 0 Å². The summed E-state index contributed by atoms with van der Waals surface area (Å²) in [6, 6.07) is 7.40. The van der Waals surface area contributed by atoms with Gasteiger partial charge in [0.25, 0.3) is 5.91 Å². The monoisotopic (exact) mass is 343 g/mol. The van der Waals surface area contributed by atoms with E-state index in [9.17, 15) is 14.4 Å². The minimum atomic E-state index is -0.311. The highest BCUT2D eigenvalue weighted by Gasteiger charge is 2.35. The molecule has 1 N–H and O–H groups in total. The van der Waals surface area contributed by atoms with Gasteiger partial charge in [-0.25, -0.2) is 0 Å². The average Bonchev–Trinajstić information content (AvgIpc) is 2.70. The molecule has 2 saturated heterocycles. The molecule has 0 spiro atoms. The summed E-state index contributed by atoms with van der Waals surface area (Å²) in [5.74, 6) is -0.379. The van der Waals surface area contributed by atoms with E-state index >= 15 is 0 Å². The van der Waals surface area contributed by atoms with Gasteiger partial charge < -0.3 is 19.9 Å². The van der Waals surface area contributed by atoms with Gasteiger partial charge in [-0.2, -0.15) is 0 Å². The molecular weight excluding hydrogens is 322 g/mol. The van der Waals surface area contributed by atoms with Crippen LogP contribution in [0.5, 0.6) is 0 Å². The van der Waals surface area contributed by atoms with Crippen molar-refractivity contribution in [2.24, 2.45) is 5.92 Å². The maximum absolute atomic E-state index is 12.6. The highest BCUT2D eigenvalue weighted by atomic mass is 16.5. The summed E-state index contributed by atoms with van der Waals surface area (Å²) in [4.78, 5) is 40.5. The topological polar surface area (TPSA) is 79.0 Å². The Bertz CT molecular complexity index is 720. The Morgan fingerprint density at radius 1 is 1.20 bits per heavy atom. The molecule has 7 nitrogen and oxygen atoms in total. The van der Waals surface area contributed by atoms with E-state index in [1.54, 1.807) is 9.80 Å². The van der Waals surface area contributed by atoms with Crippen molar-refractivity contribution in [3.05, 3.63) is 35.4 Å². The zero-order valence-electron chi connectivity index (χ0n) is 13.9. The van der Waals surface area contributed by atoms with Crippen molar-refractivity contribution >= 4 is 17.7 Å². The Hall–Kier alpha value is -2.41. The maximum Gasteiger partial charge on any atom is 0.254 e. The number of benzene rings is 1. The fourth-order valence-electron chi connectivity index (χ4n) is 3.72. The zero-order chi connectivity index (χ0) is 17.4. The summed E-state index contributed by atoms with van der Waals surface area (Å²) >= 11 is 0. The number of hydrogen-bond acceptors (Lipinski definition) is 4. The third-order valence-corrected chi connectivity index (χ3v) is 5.08. The lowest BCUT2D eigenvalue weighted by atomic mass is 10.1. The zero-order valence-corrected chi connectivity index (χ0v) is 13.9. The van der Waals surface area contributed by atoms with E-state index in [0.717, 1.165) is 11.1 Å². The van der Waals surface area contributed by atoms with Crippen molar-refractivity contribution in [1.29, 1.82) is 0 Å². The number of carbonyl (C=O) groups is 3. The molecular formula is C18H21N3O4. The van der Waals surface area contributed by atoms with Gasteiger partial charge in [0.05, 0.1) is 25.2 Å². The van der Waals surface area contributed by atoms with Crippen LogP contribution in [-0.2, 0) is 20.9 Å². The lowest BCUT2D eigenvalue weighted by Gasteiger charge is -2.28. The number of hydrogen-bond donors (Lipinski definition) is 1. The summed E-state index contributed by atoms with van der Waals surface area (Å²) in [5.41, 5.74) is 1.74. The van der Waals surface area contributed by atoms with Crippen molar-refractivity contribution in [2.45, 2.75) is 19.0 Å². The summed E-state index contributed by atoms with van der Waals surface area (Å²) in [7, 11) is 0. The molecule has 1 aromatic carbocycles. The van der Waals surface area contributed by atoms with Gasteiger partial charge in [-0.05, 0) is 11.6 Å². The second kappa shape index (κ2) is 6.48. The van der Waals surface area contributed by atoms with Crippen LogP contribution in [0, 0.1) is 5.92 Å². The number of fused-ring (bicyclic) bond motifs is 4. The highest BCUT2D eigenvalue weighted by molar-refractivity contribution is 5.98. The van der Waals surface area contributed by atoms with Gasteiger partial charge in [-0.1, -0.05) is 18.2 Å². The highest BCUT2D eigenvalue weighted by Crippen LogP contribution is 2.22. The van der Waals surface area contributed by atoms with Gasteiger partial charge in [0.2, 0.25) is 11.8 Å². The Morgan fingerprint density at radius 2 is 2.04 bits per heavy atom. The van der Waals surface area contributed by atoms with Crippen molar-refractivity contribution in [3.8, 4) is 0 Å². The molecule has 1 aromatic rings. The van der Waals surface area contributed by atoms with Gasteiger partial charge in [0.1, 0.15) is 0 Å². The van der Waals surface area contributed by atoms with E-state index in [2.05, 4.69) is 5.32 Å². The van der Waals surface area contributed by atoms with Gasteiger partial charge in [-0.3, -0.25) is 14.4 Å². The van der Waals surface area contributed by atoms with Gasteiger partial charge in [-0.15, -0.1) is 0 Å². The standard InChI is InChI=1S/C18H21N3O4/c22-16(21-8-13-10-25-11-14(9-21)19-17(13)23)5-6-20-7-12-3-1-2-4-15(12)18(20)24/h1-4,13-14H,5-11H2,(H,19,23). The van der Waals surface area contributed by atoms with Crippen LogP contribution < -0.4 is 5.32 Å². The minimum absolute atomic E-state index is 0.0126. The van der Waals surface area contributed by atoms with Crippen molar-refractivity contribution in [2.75, 3.05) is 32.8 Å². The molecule has 4 rings (SSSR count). The number of nitrogens with zero attached hydrogens (tertiary/aromatic N) is 2. The average molecular weight is 343 g/mol. The molecule has 25 heavy (non-hydrogen) atoms. The predicted molar refractivity (Wildman–Crippen MR) is 88.6 cm³/mol. The van der Waals surface area contributed by atoms with Crippen LogP contribution in [0.2, 0.25) is 0 Å². The normalized spacial score (nSPS) is 25.4. The summed E-state index contributed by atoms with van der Waals surface area (Å²) in [6.07, 6.45) is 0.272. The molecule has 3 aliphatic rings. The van der Waals surface area contributed by atoms with Crippen LogP contribution in [0.3, 0.4) is 0 Å². The summed E-state index contributed by atoms with van der Waals surface area (Å²) in [5, 5.41) is 2.92. The van der Waals surface area contributed by atoms with Crippen LogP contribution in [0.1, 0.15) is 22.3 Å². The summed E-state index contributed by atoms with van der Waals surface area (Å²) in [6.45, 7) is 2.60. The number of amides is 3. The maximum atomic E-state index is 12.6. The SMILES string of the molecule is O=C1NC2COCC1CN(C(=O)CCN1Cc3ccccc3C1=O)C2. The third kappa shape index (κ3) is 3.11. The Morgan fingerprint density at radius 3 is 2.88 bits per heavy atom. The van der Waals surface area contributed by atoms with E-state index in [1.807, 2.05) is 24.3 Å². The lowest BCUT2D eigenvalue weighted by molar-refractivity contribution is -0.133. The fraction of sp³-hybridized carbons (Fsp3) is 0.500. The quantitative estimate of drug-likeness (QED) is 0.838. The molecule has 132 valence electrons. The Kier molecular flexibility index (Phi) is 4.17. The van der Waals surface area contributed by atoms with Crippen LogP contribution in [0.25, 0.3) is 0 Å². The third-order valence-electron chi connectivity index (χ3n) is 5.08. The van der Waals surface area contributed by atoms with Gasteiger partial charge >= 0.3 is 0 Å². The molecule has 3 amide bonds. The van der Waals surface area contributed by atoms with E-state index in [-0.39, 0.29) is 36.1 Å². The Labute approximate surface area is 145 Å². The first-order chi connectivity index (χ1) is 12.1. The summed E-state index contributed by atoms with van der Waals surface area (Å²) < 4.78 is 5.48. The molecule has 3 heterocycles. The number of rotatable bonds is 3. The van der Waals surface area contributed by atoms with Crippen molar-refractivity contribution < 1.29 is 19.1 Å². The predicted octanol–water partition coefficient (Wildman–Crippen LogP) is 0.00590. The molecule has 2 atom stereocenters. The number of carbonyl (C=O) groups excluding carboxylic acids is 3. The first-order valence-electron chi connectivity index (χ1n) is 8.65. The van der Waals surface area contributed by atoms with Crippen LogP contribution in [-0.4, -0.2) is 66.4 Å². The molecule has 7 heteroatoms. The van der Waals surface area contributed by atoms with Gasteiger partial charge in [0.15, 0.2) is 0 Å². The largest absolute Gasteiger partial charge is 0.378 e. The molecule has 0 aliphatic carbocycles. The molecule has 0 saturated carbocycles. The lowest BCUT2D eigenvalue weighted by Crippen LogP contribution is -2.45. The van der Waals surface area contributed by atoms with E-state index in [4.69, 9.17) is 4.74 Å². The van der Waals surface area contributed by atoms with E-state index in [0.29, 0.717) is 39.4 Å². The van der Waals surface area contributed by atoms with E-state index < -0.39 is 0 Å². The van der Waals surface area contributed by atoms with Crippen LogP contribution >= 0.6 is 0 Å². The van der Waals surface area contributed by atoms with Crippen molar-refractivity contribution in [3.63, 3.8) is 0 Å². The molecule has 3 aliphatic heterocycles. The van der Waals surface area contributed by atoms with Gasteiger partial charge in [0, 0.05) is 38.2 Å². The Balaban J connectivity index is 1.37. The second-order valence-electron chi connectivity index (χ2n) is 6.87. The number of ether oxygens (including phenoxy) is 1. The molecule has 2 fully saturated rings. The molecule has 2 bridgehead atoms. The fourth-order valence-corrected chi connectivity index (χ4v) is 3.72. The number of nitrogens with one attached hydrogen (secondary N) is 1. The molecule has 0 radical (unpaired) electrons. The first kappa shape index (κ1) is 16.1. The van der Waals surface area contributed by atoms with Crippen LogP contribution in [0.15, 0.2) is 24.3 Å².